The largest absolute Gasteiger partial charge is 0.456 e. The molecule has 1 aromatic rings. The molecule has 0 heterocycles. The van der Waals surface area contributed by atoms with Gasteiger partial charge < -0.3 is 4.74 Å². The van der Waals surface area contributed by atoms with Gasteiger partial charge in [-0.3, -0.25) is 0 Å². The van der Waals surface area contributed by atoms with Gasteiger partial charge in [0.2, 0.25) is 0 Å². The van der Waals surface area contributed by atoms with Crippen LogP contribution in [0.25, 0.3) is 0 Å². The number of halogens is 6. The van der Waals surface area contributed by atoms with Crippen molar-refractivity contribution in [3.63, 3.8) is 0 Å². The Hall–Kier alpha value is -1.92. The lowest BCUT2D eigenvalue weighted by atomic mass is 10.1. The number of aryl methyl sites for hydroxylation is 1. The van der Waals surface area contributed by atoms with Gasteiger partial charge >= 0.3 is 12.4 Å². The molecule has 23 heavy (non-hydrogen) atoms. The summed E-state index contributed by atoms with van der Waals surface area (Å²) in [6.07, 6.45) is -6.60. The molecule has 0 fully saturated rings. The van der Waals surface area contributed by atoms with E-state index in [1.807, 2.05) is 0 Å². The van der Waals surface area contributed by atoms with E-state index in [1.54, 1.807) is 6.92 Å². The molecule has 0 aromatic heterocycles. The molecule has 0 aliphatic heterocycles. The van der Waals surface area contributed by atoms with Crippen LogP contribution in [0.5, 0.6) is 5.75 Å². The predicted molar refractivity (Wildman–Crippen MR) is 75.0 cm³/mol. The third-order valence-electron chi connectivity index (χ3n) is 2.96. The molecular weight excluding hydrogens is 322 g/mol. The summed E-state index contributed by atoms with van der Waals surface area (Å²) < 4.78 is 82.6. The maximum absolute atomic E-state index is 13.0. The van der Waals surface area contributed by atoms with Gasteiger partial charge in [-0.05, 0) is 38.5 Å². The van der Waals surface area contributed by atoms with Gasteiger partial charge in [-0.25, -0.2) is 0 Å². The van der Waals surface area contributed by atoms with E-state index >= 15 is 0 Å². The van der Waals surface area contributed by atoms with E-state index in [9.17, 15) is 26.3 Å². The van der Waals surface area contributed by atoms with Crippen molar-refractivity contribution in [1.82, 2.24) is 0 Å². The summed E-state index contributed by atoms with van der Waals surface area (Å²) in [6.45, 7) is 3.90. The maximum atomic E-state index is 13.0. The number of hydrogen-bond acceptors (Lipinski definition) is 1. The van der Waals surface area contributed by atoms with Crippen LogP contribution in [0.4, 0.5) is 26.3 Å². The standard InChI is InChI=1S/C16H16F6O/c1-4-5-6-13(11(3)15(17,18)19)23-14-8-7-10(2)9-12(14)16(20,21)22/h5-9H,4H2,1-3H3/b6-5-,13-11-. The minimum atomic E-state index is -4.73. The second kappa shape index (κ2) is 7.10. The van der Waals surface area contributed by atoms with E-state index in [-0.39, 0.29) is 0 Å². The molecule has 0 unspecified atom stereocenters. The van der Waals surface area contributed by atoms with Crippen molar-refractivity contribution in [2.75, 3.05) is 0 Å². The van der Waals surface area contributed by atoms with Gasteiger partial charge in [0, 0.05) is 0 Å². The topological polar surface area (TPSA) is 9.23 Å². The Bertz CT molecular complexity index is 608. The van der Waals surface area contributed by atoms with Crippen molar-refractivity contribution in [3.05, 3.63) is 52.8 Å². The van der Waals surface area contributed by atoms with Gasteiger partial charge in [0.1, 0.15) is 11.5 Å². The highest BCUT2D eigenvalue weighted by Gasteiger charge is 2.36. The first kappa shape index (κ1) is 19.1. The highest BCUT2D eigenvalue weighted by atomic mass is 19.4. The first-order valence-corrected chi connectivity index (χ1v) is 6.77. The molecule has 0 saturated carbocycles. The lowest BCUT2D eigenvalue weighted by molar-refractivity contribution is -0.138. The number of hydrogen-bond donors (Lipinski definition) is 0. The average molecular weight is 338 g/mol. The molecule has 0 aliphatic carbocycles. The van der Waals surface area contributed by atoms with Crippen LogP contribution in [-0.4, -0.2) is 6.18 Å². The number of ether oxygens (including phenoxy) is 1. The van der Waals surface area contributed by atoms with E-state index in [0.717, 1.165) is 25.1 Å². The zero-order valence-corrected chi connectivity index (χ0v) is 12.8. The van der Waals surface area contributed by atoms with E-state index < -0.39 is 35.0 Å². The number of benzene rings is 1. The van der Waals surface area contributed by atoms with E-state index in [0.29, 0.717) is 12.0 Å². The molecule has 0 amide bonds. The molecule has 0 atom stereocenters. The molecular formula is C16H16F6O. The molecule has 0 spiro atoms. The molecule has 7 heteroatoms. The maximum Gasteiger partial charge on any atom is 0.419 e. The highest BCUT2D eigenvalue weighted by Crippen LogP contribution is 2.38. The van der Waals surface area contributed by atoms with E-state index in [1.165, 1.54) is 19.1 Å². The Balaban J connectivity index is 3.39. The van der Waals surface area contributed by atoms with Crippen LogP contribution in [0.15, 0.2) is 41.7 Å². The summed E-state index contributed by atoms with van der Waals surface area (Å²) in [5.74, 6) is -1.32. The minimum absolute atomic E-state index is 0.326. The van der Waals surface area contributed by atoms with Crippen molar-refractivity contribution in [2.24, 2.45) is 0 Å². The van der Waals surface area contributed by atoms with Crippen LogP contribution in [0.2, 0.25) is 0 Å². The Morgan fingerprint density at radius 3 is 2.22 bits per heavy atom. The zero-order chi connectivity index (χ0) is 17.8. The van der Waals surface area contributed by atoms with Gasteiger partial charge in [0.25, 0.3) is 0 Å². The monoisotopic (exact) mass is 338 g/mol. The Labute approximate surface area is 130 Å². The minimum Gasteiger partial charge on any atom is -0.456 e. The normalized spacial score (nSPS) is 14.1. The van der Waals surface area contributed by atoms with Crippen molar-refractivity contribution in [3.8, 4) is 5.75 Å². The molecule has 0 radical (unpaired) electrons. The summed E-state index contributed by atoms with van der Waals surface area (Å²) >= 11 is 0. The van der Waals surface area contributed by atoms with Crippen molar-refractivity contribution < 1.29 is 31.1 Å². The lowest BCUT2D eigenvalue weighted by Crippen LogP contribution is -2.15. The molecule has 1 rings (SSSR count). The smallest absolute Gasteiger partial charge is 0.419 e. The fourth-order valence-corrected chi connectivity index (χ4v) is 1.67. The van der Waals surface area contributed by atoms with Crippen LogP contribution in [0, 0.1) is 6.92 Å². The third kappa shape index (κ3) is 5.33. The van der Waals surface area contributed by atoms with E-state index in [4.69, 9.17) is 4.74 Å². The fraction of sp³-hybridized carbons (Fsp3) is 0.375. The van der Waals surface area contributed by atoms with Crippen molar-refractivity contribution in [1.29, 1.82) is 0 Å². The second-order valence-corrected chi connectivity index (χ2v) is 4.90. The van der Waals surface area contributed by atoms with Crippen LogP contribution >= 0.6 is 0 Å². The summed E-state index contributed by atoms with van der Waals surface area (Å²) in [5.41, 5.74) is -1.89. The van der Waals surface area contributed by atoms with Crippen LogP contribution in [-0.2, 0) is 6.18 Å². The molecule has 0 aliphatic rings. The number of alkyl halides is 6. The number of rotatable bonds is 4. The molecule has 1 aromatic carbocycles. The molecule has 1 nitrogen and oxygen atoms in total. The van der Waals surface area contributed by atoms with E-state index in [2.05, 4.69) is 0 Å². The summed E-state index contributed by atoms with van der Waals surface area (Å²) in [6, 6.07) is 3.19. The molecule has 0 bridgehead atoms. The molecule has 128 valence electrons. The van der Waals surface area contributed by atoms with Crippen molar-refractivity contribution in [2.45, 2.75) is 39.5 Å². The average Bonchev–Trinajstić information content (AvgIpc) is 2.42. The lowest BCUT2D eigenvalue weighted by Gasteiger charge is -2.17. The third-order valence-corrected chi connectivity index (χ3v) is 2.96. The van der Waals surface area contributed by atoms with Gasteiger partial charge in [0.15, 0.2) is 0 Å². The second-order valence-electron chi connectivity index (χ2n) is 4.90. The van der Waals surface area contributed by atoms with Gasteiger partial charge in [-0.1, -0.05) is 24.6 Å². The Morgan fingerprint density at radius 1 is 1.13 bits per heavy atom. The summed E-state index contributed by atoms with van der Waals surface area (Å²) in [5, 5.41) is 0. The SMILES string of the molecule is CC/C=C\C(Oc1ccc(C)cc1C(F)(F)F)=C(/C)C(F)(F)F. The van der Waals surface area contributed by atoms with Crippen LogP contribution in [0.1, 0.15) is 31.4 Å². The Morgan fingerprint density at radius 2 is 1.74 bits per heavy atom. The fourth-order valence-electron chi connectivity index (χ4n) is 1.67. The number of allylic oxidation sites excluding steroid dienone is 3. The zero-order valence-electron chi connectivity index (χ0n) is 12.8. The highest BCUT2D eigenvalue weighted by molar-refractivity contribution is 5.41. The quantitative estimate of drug-likeness (QED) is 0.361. The molecule has 0 saturated heterocycles. The van der Waals surface area contributed by atoms with Crippen LogP contribution in [0.3, 0.4) is 0 Å². The summed E-state index contributed by atoms with van der Waals surface area (Å²) in [4.78, 5) is 0. The first-order chi connectivity index (χ1) is 10.5. The van der Waals surface area contributed by atoms with Crippen molar-refractivity contribution >= 4 is 0 Å². The predicted octanol–water partition coefficient (Wildman–Crippen LogP) is 6.20. The Kier molecular flexibility index (Phi) is 5.91. The molecule has 0 N–H and O–H groups in total. The van der Waals surface area contributed by atoms with Gasteiger partial charge in [-0.15, -0.1) is 0 Å². The first-order valence-electron chi connectivity index (χ1n) is 6.77. The van der Waals surface area contributed by atoms with Gasteiger partial charge in [0.05, 0.1) is 11.1 Å². The van der Waals surface area contributed by atoms with Crippen LogP contribution < -0.4 is 4.74 Å². The summed E-state index contributed by atoms with van der Waals surface area (Å²) in [7, 11) is 0. The van der Waals surface area contributed by atoms with Gasteiger partial charge in [-0.2, -0.15) is 26.3 Å².